The van der Waals surface area contributed by atoms with E-state index in [2.05, 4.69) is 39.7 Å². The molecule has 0 aliphatic carbocycles. The first-order valence-electron chi connectivity index (χ1n) is 5.98. The van der Waals surface area contributed by atoms with Crippen molar-refractivity contribution >= 4 is 17.2 Å². The monoisotopic (exact) mass is 262 g/mol. The van der Waals surface area contributed by atoms with Gasteiger partial charge < -0.3 is 5.43 Å². The first-order valence-corrected chi connectivity index (χ1v) is 6.86. The average Bonchev–Trinajstić information content (AvgIpc) is 2.91. The maximum Gasteiger partial charge on any atom is 0.140 e. The van der Waals surface area contributed by atoms with Gasteiger partial charge in [0.15, 0.2) is 0 Å². The van der Waals surface area contributed by atoms with Crippen molar-refractivity contribution in [2.45, 2.75) is 20.0 Å². The second-order valence-corrected chi connectivity index (χ2v) is 5.11. The number of aromatic nitrogens is 1. The number of nitrogens with two attached hydrogens (primary N) is 1. The number of nitrogens with one attached hydrogen (secondary N) is 1. The van der Waals surface area contributed by atoms with Crippen molar-refractivity contribution in [1.29, 1.82) is 0 Å². The average molecular weight is 262 g/mol. The number of hydrazine groups is 1. The largest absolute Gasteiger partial charge is 0.308 e. The first-order chi connectivity index (χ1) is 8.81. The first kappa shape index (κ1) is 13.0. The van der Waals surface area contributed by atoms with Crippen molar-refractivity contribution < 1.29 is 0 Å². The lowest BCUT2D eigenvalue weighted by molar-refractivity contribution is 0.274. The number of pyridine rings is 1. The van der Waals surface area contributed by atoms with Crippen LogP contribution in [0, 0.1) is 0 Å². The molecule has 2 rings (SSSR count). The van der Waals surface area contributed by atoms with Gasteiger partial charge in [0.25, 0.3) is 0 Å². The van der Waals surface area contributed by atoms with Gasteiger partial charge in [0.05, 0.1) is 0 Å². The number of thiophene rings is 1. The Morgan fingerprint density at radius 2 is 2.28 bits per heavy atom. The zero-order chi connectivity index (χ0) is 12.8. The van der Waals surface area contributed by atoms with E-state index in [9.17, 15) is 0 Å². The lowest BCUT2D eigenvalue weighted by Gasteiger charge is -2.19. The second kappa shape index (κ2) is 6.49. The molecule has 0 unspecified atom stereocenters. The summed E-state index contributed by atoms with van der Waals surface area (Å²) < 4.78 is 0. The van der Waals surface area contributed by atoms with E-state index in [0.29, 0.717) is 5.82 Å². The topological polar surface area (TPSA) is 54.2 Å². The molecule has 0 radical (unpaired) electrons. The summed E-state index contributed by atoms with van der Waals surface area (Å²) in [5, 5.41) is 2.12. The third-order valence-corrected chi connectivity index (χ3v) is 3.65. The Hall–Kier alpha value is -1.43. The molecule has 0 saturated carbocycles. The molecule has 4 nitrogen and oxygen atoms in total. The third kappa shape index (κ3) is 3.53. The Kier molecular flexibility index (Phi) is 4.69. The summed E-state index contributed by atoms with van der Waals surface area (Å²) in [6.45, 7) is 5.09. The van der Waals surface area contributed by atoms with Crippen molar-refractivity contribution in [2.75, 3.05) is 12.0 Å². The molecule has 0 atom stereocenters. The van der Waals surface area contributed by atoms with Gasteiger partial charge >= 0.3 is 0 Å². The minimum atomic E-state index is 0.708. The van der Waals surface area contributed by atoms with Crippen molar-refractivity contribution in [2.24, 2.45) is 5.84 Å². The Labute approximate surface area is 111 Å². The molecule has 2 aromatic rings. The van der Waals surface area contributed by atoms with Crippen LogP contribution in [-0.2, 0) is 13.1 Å². The standard InChI is InChI=1S/C13H18N4S/c1-2-17(10-12-4-3-7-18-12)9-11-5-6-15-13(8-11)16-14/h3-8H,2,9-10,14H2,1H3,(H,15,16). The minimum absolute atomic E-state index is 0.708. The smallest absolute Gasteiger partial charge is 0.140 e. The predicted octanol–water partition coefficient (Wildman–Crippen LogP) is 2.45. The Balaban J connectivity index is 2.00. The Morgan fingerprint density at radius 1 is 1.39 bits per heavy atom. The molecule has 2 aromatic heterocycles. The van der Waals surface area contributed by atoms with Gasteiger partial charge in [-0.3, -0.25) is 4.90 Å². The van der Waals surface area contributed by atoms with E-state index in [1.165, 1.54) is 10.4 Å². The summed E-state index contributed by atoms with van der Waals surface area (Å²) >= 11 is 1.80. The molecule has 0 bridgehead atoms. The fourth-order valence-corrected chi connectivity index (χ4v) is 2.56. The summed E-state index contributed by atoms with van der Waals surface area (Å²) in [6, 6.07) is 8.28. The molecule has 0 amide bonds. The van der Waals surface area contributed by atoms with Crippen LogP contribution in [-0.4, -0.2) is 16.4 Å². The van der Waals surface area contributed by atoms with Gasteiger partial charge in [0.2, 0.25) is 0 Å². The number of rotatable bonds is 6. The number of hydrogen-bond acceptors (Lipinski definition) is 5. The highest BCUT2D eigenvalue weighted by atomic mass is 32.1. The summed E-state index contributed by atoms with van der Waals surface area (Å²) in [4.78, 5) is 7.90. The highest BCUT2D eigenvalue weighted by Gasteiger charge is 2.06. The second-order valence-electron chi connectivity index (χ2n) is 4.08. The van der Waals surface area contributed by atoms with Gasteiger partial charge in [0, 0.05) is 24.2 Å². The van der Waals surface area contributed by atoms with Gasteiger partial charge in [-0.1, -0.05) is 13.0 Å². The fourth-order valence-electron chi connectivity index (χ4n) is 1.81. The van der Waals surface area contributed by atoms with Crippen molar-refractivity contribution in [3.8, 4) is 0 Å². The van der Waals surface area contributed by atoms with Crippen LogP contribution in [0.3, 0.4) is 0 Å². The van der Waals surface area contributed by atoms with E-state index >= 15 is 0 Å². The number of nitrogens with zero attached hydrogens (tertiary/aromatic N) is 2. The van der Waals surface area contributed by atoms with Crippen molar-refractivity contribution in [3.05, 3.63) is 46.3 Å². The van der Waals surface area contributed by atoms with Crippen LogP contribution in [0.25, 0.3) is 0 Å². The molecule has 5 heteroatoms. The van der Waals surface area contributed by atoms with E-state index in [4.69, 9.17) is 5.84 Å². The maximum absolute atomic E-state index is 5.37. The summed E-state index contributed by atoms with van der Waals surface area (Å²) in [5.74, 6) is 6.08. The Morgan fingerprint density at radius 3 is 2.94 bits per heavy atom. The summed E-state index contributed by atoms with van der Waals surface area (Å²) in [5.41, 5.74) is 3.80. The molecule has 2 heterocycles. The quantitative estimate of drug-likeness (QED) is 0.620. The molecule has 0 aromatic carbocycles. The van der Waals surface area contributed by atoms with E-state index in [1.54, 1.807) is 17.5 Å². The van der Waals surface area contributed by atoms with Crippen LogP contribution < -0.4 is 11.3 Å². The molecule has 0 aliphatic rings. The van der Waals surface area contributed by atoms with Crippen LogP contribution in [0.15, 0.2) is 35.8 Å². The van der Waals surface area contributed by atoms with Gasteiger partial charge in [-0.25, -0.2) is 10.8 Å². The molecule has 96 valence electrons. The van der Waals surface area contributed by atoms with Crippen LogP contribution in [0.1, 0.15) is 17.4 Å². The lowest BCUT2D eigenvalue weighted by Crippen LogP contribution is -2.22. The van der Waals surface area contributed by atoms with Crippen molar-refractivity contribution in [3.63, 3.8) is 0 Å². The lowest BCUT2D eigenvalue weighted by atomic mass is 10.2. The molecule has 3 N–H and O–H groups in total. The molecule has 0 aliphatic heterocycles. The van der Waals surface area contributed by atoms with E-state index in [1.807, 2.05) is 12.1 Å². The molecule has 0 spiro atoms. The van der Waals surface area contributed by atoms with Crippen LogP contribution in [0.4, 0.5) is 5.82 Å². The molecule has 0 saturated heterocycles. The van der Waals surface area contributed by atoms with E-state index in [-0.39, 0.29) is 0 Å². The summed E-state index contributed by atoms with van der Waals surface area (Å²) in [7, 11) is 0. The number of hydrogen-bond donors (Lipinski definition) is 2. The highest BCUT2D eigenvalue weighted by Crippen LogP contribution is 2.15. The van der Waals surface area contributed by atoms with Gasteiger partial charge in [-0.2, -0.15) is 0 Å². The van der Waals surface area contributed by atoms with Gasteiger partial charge in [-0.05, 0) is 35.7 Å². The van der Waals surface area contributed by atoms with Crippen LogP contribution in [0.5, 0.6) is 0 Å². The third-order valence-electron chi connectivity index (χ3n) is 2.79. The zero-order valence-corrected chi connectivity index (χ0v) is 11.3. The fraction of sp³-hybridized carbons (Fsp3) is 0.308. The SMILES string of the molecule is CCN(Cc1ccnc(NN)c1)Cc1cccs1. The highest BCUT2D eigenvalue weighted by molar-refractivity contribution is 7.09. The molecule has 0 fully saturated rings. The Bertz CT molecular complexity index is 470. The molecular formula is C13H18N4S. The normalized spacial score (nSPS) is 10.8. The predicted molar refractivity (Wildman–Crippen MR) is 76.2 cm³/mol. The minimum Gasteiger partial charge on any atom is -0.308 e. The van der Waals surface area contributed by atoms with E-state index in [0.717, 1.165) is 19.6 Å². The van der Waals surface area contributed by atoms with Gasteiger partial charge in [0.1, 0.15) is 5.82 Å². The zero-order valence-electron chi connectivity index (χ0n) is 10.5. The molecule has 18 heavy (non-hydrogen) atoms. The number of nitrogen functional groups attached to an aromatic ring is 1. The number of anilines is 1. The summed E-state index contributed by atoms with van der Waals surface area (Å²) in [6.07, 6.45) is 1.78. The molecular weight excluding hydrogens is 244 g/mol. The van der Waals surface area contributed by atoms with Crippen molar-refractivity contribution in [1.82, 2.24) is 9.88 Å². The van der Waals surface area contributed by atoms with Crippen LogP contribution >= 0.6 is 11.3 Å². The maximum atomic E-state index is 5.37. The van der Waals surface area contributed by atoms with E-state index < -0.39 is 0 Å². The van der Waals surface area contributed by atoms with Gasteiger partial charge in [-0.15, -0.1) is 11.3 Å². The van der Waals surface area contributed by atoms with Crippen LogP contribution in [0.2, 0.25) is 0 Å².